The molecular weight excluding hydrogens is 478 g/mol. The van der Waals surface area contributed by atoms with Gasteiger partial charge in [-0.2, -0.15) is 5.10 Å². The monoisotopic (exact) mass is 501 g/mol. The number of amides is 1. The molecule has 0 saturated heterocycles. The zero-order valence-corrected chi connectivity index (χ0v) is 20.8. The molecule has 8 heteroatoms. The van der Waals surface area contributed by atoms with Gasteiger partial charge >= 0.3 is 0 Å². The zero-order chi connectivity index (χ0) is 25.4. The van der Waals surface area contributed by atoms with Gasteiger partial charge in [-0.05, 0) is 41.5 Å². The lowest BCUT2D eigenvalue weighted by Crippen LogP contribution is -2.24. The second-order valence-electron chi connectivity index (χ2n) is 8.50. The molecule has 0 unspecified atom stereocenters. The number of rotatable bonds is 5. The molecule has 0 spiro atoms. The van der Waals surface area contributed by atoms with E-state index in [9.17, 15) is 9.59 Å². The first-order valence-electron chi connectivity index (χ1n) is 11.4. The van der Waals surface area contributed by atoms with E-state index < -0.39 is 6.04 Å². The van der Waals surface area contributed by atoms with Crippen molar-refractivity contribution in [3.8, 4) is 22.6 Å². The Hall–Kier alpha value is -4.10. The lowest BCUT2D eigenvalue weighted by atomic mass is 9.91. The Labute approximate surface area is 212 Å². The number of nitrogens with one attached hydrogen (secondary N) is 1. The van der Waals surface area contributed by atoms with Crippen molar-refractivity contribution in [2.75, 3.05) is 14.2 Å². The summed E-state index contributed by atoms with van der Waals surface area (Å²) in [6, 6.07) is 20.1. The number of carbonyl (C=O) groups excluding carboxylic acids is 1. The third-order valence-corrected chi connectivity index (χ3v) is 6.59. The van der Waals surface area contributed by atoms with E-state index in [1.54, 1.807) is 32.4 Å². The van der Waals surface area contributed by atoms with Crippen LogP contribution in [-0.2, 0) is 4.79 Å². The van der Waals surface area contributed by atoms with E-state index in [2.05, 4.69) is 10.1 Å². The van der Waals surface area contributed by atoms with Crippen LogP contribution >= 0.6 is 11.6 Å². The molecule has 2 heterocycles. The Morgan fingerprint density at radius 2 is 1.75 bits per heavy atom. The van der Waals surface area contributed by atoms with E-state index in [-0.39, 0.29) is 11.5 Å². The van der Waals surface area contributed by atoms with Gasteiger partial charge in [0, 0.05) is 34.8 Å². The average molecular weight is 502 g/mol. The molecule has 5 rings (SSSR count). The van der Waals surface area contributed by atoms with E-state index in [4.69, 9.17) is 21.1 Å². The number of nitrogens with zero attached hydrogens (tertiary/aromatic N) is 2. The summed E-state index contributed by atoms with van der Waals surface area (Å²) in [4.78, 5) is 29.1. The van der Waals surface area contributed by atoms with Gasteiger partial charge in [0.2, 0.25) is 5.91 Å². The van der Waals surface area contributed by atoms with Gasteiger partial charge in [-0.25, -0.2) is 5.01 Å². The highest BCUT2D eigenvalue weighted by molar-refractivity contribution is 6.31. The molecule has 0 radical (unpaired) electrons. The Morgan fingerprint density at radius 3 is 2.44 bits per heavy atom. The van der Waals surface area contributed by atoms with Crippen LogP contribution in [0, 0.1) is 0 Å². The topological polar surface area (TPSA) is 84.0 Å². The quantitative estimate of drug-likeness (QED) is 0.388. The number of ether oxygens (including phenoxy) is 2. The molecule has 1 aromatic heterocycles. The minimum absolute atomic E-state index is 0.230. The number of pyridine rings is 1. The maximum absolute atomic E-state index is 13.5. The summed E-state index contributed by atoms with van der Waals surface area (Å²) >= 11 is 6.35. The first-order valence-corrected chi connectivity index (χ1v) is 11.8. The third kappa shape index (κ3) is 4.12. The number of carbonyl (C=O) groups is 1. The summed E-state index contributed by atoms with van der Waals surface area (Å²) in [5.74, 6) is 0.908. The van der Waals surface area contributed by atoms with Gasteiger partial charge in [0.25, 0.3) is 5.56 Å². The molecule has 1 amide bonds. The van der Waals surface area contributed by atoms with E-state index >= 15 is 0 Å². The third-order valence-electron chi connectivity index (χ3n) is 6.35. The number of halogens is 1. The van der Waals surface area contributed by atoms with Crippen LogP contribution in [0.15, 0.2) is 76.6 Å². The maximum atomic E-state index is 13.5. The number of fused-ring (bicyclic) bond motifs is 1. The highest BCUT2D eigenvalue weighted by atomic mass is 35.5. The number of hydrazone groups is 1. The minimum Gasteiger partial charge on any atom is -0.493 e. The van der Waals surface area contributed by atoms with E-state index in [0.717, 1.165) is 22.1 Å². The second kappa shape index (κ2) is 9.51. The number of H-pyrrole nitrogens is 1. The molecule has 1 N–H and O–H groups in total. The number of aromatic amines is 1. The summed E-state index contributed by atoms with van der Waals surface area (Å²) in [5.41, 5.74) is 3.74. The van der Waals surface area contributed by atoms with E-state index in [1.807, 2.05) is 48.5 Å². The molecule has 0 bridgehead atoms. The molecule has 1 atom stereocenters. The van der Waals surface area contributed by atoms with Crippen LogP contribution in [0.4, 0.5) is 0 Å². The molecular formula is C28H24ClN3O4. The summed E-state index contributed by atoms with van der Waals surface area (Å²) in [6.45, 7) is 1.46. The number of hydrogen-bond acceptors (Lipinski definition) is 5. The first-order chi connectivity index (χ1) is 17.4. The Kier molecular flexibility index (Phi) is 6.24. The highest BCUT2D eigenvalue weighted by Crippen LogP contribution is 2.39. The van der Waals surface area contributed by atoms with Crippen molar-refractivity contribution in [3.63, 3.8) is 0 Å². The van der Waals surface area contributed by atoms with Gasteiger partial charge in [-0.3, -0.25) is 9.59 Å². The molecule has 7 nitrogen and oxygen atoms in total. The SMILES string of the molecule is COc1ccc([C@@H]2CC(c3c(-c4ccccc4)c4cc(Cl)ccc4[nH]c3=O)=NN2C(C)=O)cc1OC. The van der Waals surface area contributed by atoms with Crippen LogP contribution in [0.3, 0.4) is 0 Å². The second-order valence-corrected chi connectivity index (χ2v) is 8.94. The number of methoxy groups -OCH3 is 2. The molecule has 0 aliphatic carbocycles. The van der Waals surface area contributed by atoms with Gasteiger partial charge in [0.1, 0.15) is 0 Å². The van der Waals surface area contributed by atoms with E-state index in [1.165, 1.54) is 11.9 Å². The molecule has 182 valence electrons. The molecule has 1 aliphatic rings. The van der Waals surface area contributed by atoms with Crippen LogP contribution in [-0.4, -0.2) is 35.8 Å². The maximum Gasteiger partial charge on any atom is 0.258 e. The van der Waals surface area contributed by atoms with Gasteiger partial charge in [0.15, 0.2) is 11.5 Å². The largest absolute Gasteiger partial charge is 0.493 e. The number of benzene rings is 3. The van der Waals surface area contributed by atoms with Crippen LogP contribution in [0.5, 0.6) is 11.5 Å². The summed E-state index contributed by atoms with van der Waals surface area (Å²) < 4.78 is 10.8. The van der Waals surface area contributed by atoms with Crippen LogP contribution in [0.1, 0.15) is 30.5 Å². The van der Waals surface area contributed by atoms with E-state index in [0.29, 0.717) is 39.7 Å². The lowest BCUT2D eigenvalue weighted by molar-refractivity contribution is -0.130. The van der Waals surface area contributed by atoms with Crippen molar-refractivity contribution in [2.24, 2.45) is 5.10 Å². The molecule has 1 aliphatic heterocycles. The van der Waals surface area contributed by atoms with Crippen molar-refractivity contribution in [2.45, 2.75) is 19.4 Å². The molecule has 0 fully saturated rings. The highest BCUT2D eigenvalue weighted by Gasteiger charge is 2.34. The predicted octanol–water partition coefficient (Wildman–Crippen LogP) is 5.56. The smallest absolute Gasteiger partial charge is 0.258 e. The number of hydrogen-bond donors (Lipinski definition) is 1. The number of aromatic nitrogens is 1. The molecule has 3 aromatic carbocycles. The standard InChI is InChI=1S/C28H24ClN3O4/c1-16(33)32-23(18-9-12-24(35-2)25(13-18)36-3)15-22(31-32)27-26(17-7-5-4-6-8-17)20-14-19(29)10-11-21(20)30-28(27)34/h4-14,23H,15H2,1-3H3,(H,30,34)/t23-/m0/s1. The zero-order valence-electron chi connectivity index (χ0n) is 20.0. The Bertz CT molecular complexity index is 1560. The fourth-order valence-corrected chi connectivity index (χ4v) is 4.89. The Balaban J connectivity index is 1.70. The predicted molar refractivity (Wildman–Crippen MR) is 141 cm³/mol. The summed E-state index contributed by atoms with van der Waals surface area (Å²) in [5, 5.41) is 7.44. The normalized spacial score (nSPS) is 15.2. The summed E-state index contributed by atoms with van der Waals surface area (Å²) in [7, 11) is 3.13. The van der Waals surface area contributed by atoms with Crippen molar-refractivity contribution < 1.29 is 14.3 Å². The van der Waals surface area contributed by atoms with Crippen molar-refractivity contribution in [1.82, 2.24) is 9.99 Å². The van der Waals surface area contributed by atoms with Crippen molar-refractivity contribution in [3.05, 3.63) is 93.2 Å². The van der Waals surface area contributed by atoms with Gasteiger partial charge in [-0.1, -0.05) is 48.0 Å². The molecule has 4 aromatic rings. The van der Waals surface area contributed by atoms with Crippen molar-refractivity contribution in [1.29, 1.82) is 0 Å². The Morgan fingerprint density at radius 1 is 1.00 bits per heavy atom. The first kappa shape index (κ1) is 23.6. The molecule has 0 saturated carbocycles. The molecule has 36 heavy (non-hydrogen) atoms. The fraction of sp³-hybridized carbons (Fsp3) is 0.179. The van der Waals surface area contributed by atoms with Crippen molar-refractivity contribution >= 4 is 34.1 Å². The minimum atomic E-state index is -0.407. The lowest BCUT2D eigenvalue weighted by Gasteiger charge is -2.21. The fourth-order valence-electron chi connectivity index (χ4n) is 4.72. The van der Waals surface area contributed by atoms with Gasteiger partial charge in [0.05, 0.1) is 31.5 Å². The van der Waals surface area contributed by atoms with Crippen LogP contribution < -0.4 is 15.0 Å². The van der Waals surface area contributed by atoms with Crippen LogP contribution in [0.25, 0.3) is 22.0 Å². The van der Waals surface area contributed by atoms with Crippen LogP contribution in [0.2, 0.25) is 5.02 Å². The summed E-state index contributed by atoms with van der Waals surface area (Å²) in [6.07, 6.45) is 0.351. The van der Waals surface area contributed by atoms with Gasteiger partial charge < -0.3 is 14.5 Å². The van der Waals surface area contributed by atoms with Gasteiger partial charge in [-0.15, -0.1) is 0 Å². The average Bonchev–Trinajstić information content (AvgIpc) is 3.33.